The molecule has 0 amide bonds. The van der Waals surface area contributed by atoms with E-state index in [1.165, 1.54) is 47.9 Å². The molecule has 0 N–H and O–H groups in total. The van der Waals surface area contributed by atoms with Crippen molar-refractivity contribution in [3.63, 3.8) is 0 Å². The monoisotopic (exact) mass is 589 g/mol. The van der Waals surface area contributed by atoms with Crippen molar-refractivity contribution < 1.29 is 0 Å². The van der Waals surface area contributed by atoms with Crippen molar-refractivity contribution in [2.24, 2.45) is 0 Å². The fourth-order valence-corrected chi connectivity index (χ4v) is 7.84. The summed E-state index contributed by atoms with van der Waals surface area (Å²) in [6, 6.07) is 39.8. The first kappa shape index (κ1) is 26.0. The number of anilines is 3. The molecule has 3 nitrogen and oxygen atoms in total. The Bertz CT molecular complexity index is 2130. The zero-order chi connectivity index (χ0) is 28.9. The molecule has 0 unspecified atom stereocenters. The number of aryl methyl sites for hydroxylation is 2. The Hall–Kier alpha value is -4.71. The van der Waals surface area contributed by atoms with E-state index in [2.05, 4.69) is 136 Å². The third-order valence-electron chi connectivity index (χ3n) is 8.03. The van der Waals surface area contributed by atoms with Crippen LogP contribution in [0.1, 0.15) is 11.4 Å². The fourth-order valence-electron chi connectivity index (χ4n) is 5.83. The number of thiophene rings is 1. The summed E-state index contributed by atoms with van der Waals surface area (Å²) in [6.45, 7) is 4.06. The molecule has 8 rings (SSSR count). The van der Waals surface area contributed by atoms with Gasteiger partial charge >= 0.3 is 0 Å². The lowest BCUT2D eigenvalue weighted by Crippen LogP contribution is -2.14. The minimum Gasteiger partial charge on any atom is -0.308 e. The van der Waals surface area contributed by atoms with E-state index in [-0.39, 0.29) is 0 Å². The van der Waals surface area contributed by atoms with Crippen molar-refractivity contribution in [3.8, 4) is 33.4 Å². The molecule has 0 radical (unpaired) electrons. The van der Waals surface area contributed by atoms with Gasteiger partial charge in [0.1, 0.15) is 5.82 Å². The SMILES string of the molecule is Cc1ccc(N2c3ccccc3Sc3ccc(-c4cc(-c5csc6ccccc56)ccc4-c4cnc(C)nc4)cc32)cc1. The van der Waals surface area contributed by atoms with Crippen molar-refractivity contribution in [1.29, 1.82) is 0 Å². The first-order chi connectivity index (χ1) is 21.1. The number of para-hydroxylation sites is 1. The highest BCUT2D eigenvalue weighted by molar-refractivity contribution is 7.99. The molecule has 0 saturated heterocycles. The zero-order valence-corrected chi connectivity index (χ0v) is 25.4. The molecule has 43 heavy (non-hydrogen) atoms. The van der Waals surface area contributed by atoms with E-state index in [1.807, 2.05) is 31.1 Å². The molecule has 5 aromatic carbocycles. The third-order valence-corrected chi connectivity index (χ3v) is 10.1. The molecular formula is C38H27N3S2. The highest BCUT2D eigenvalue weighted by atomic mass is 32.2. The van der Waals surface area contributed by atoms with Gasteiger partial charge in [0, 0.05) is 49.1 Å². The van der Waals surface area contributed by atoms with Gasteiger partial charge in [-0.3, -0.25) is 0 Å². The highest BCUT2D eigenvalue weighted by Gasteiger charge is 2.25. The summed E-state index contributed by atoms with van der Waals surface area (Å²) in [5, 5.41) is 3.56. The maximum Gasteiger partial charge on any atom is 0.125 e. The molecule has 0 fully saturated rings. The van der Waals surface area contributed by atoms with Crippen LogP contribution in [0.3, 0.4) is 0 Å². The number of aromatic nitrogens is 2. The molecule has 206 valence electrons. The molecule has 2 aromatic heterocycles. The molecule has 7 aromatic rings. The predicted octanol–water partition coefficient (Wildman–Crippen LogP) is 11.2. The average Bonchev–Trinajstić information content (AvgIpc) is 3.48. The Kier molecular flexibility index (Phi) is 6.36. The van der Waals surface area contributed by atoms with Crippen molar-refractivity contribution in [3.05, 3.63) is 138 Å². The minimum absolute atomic E-state index is 0.768. The minimum atomic E-state index is 0.768. The van der Waals surface area contributed by atoms with E-state index in [0.29, 0.717) is 0 Å². The van der Waals surface area contributed by atoms with Gasteiger partial charge in [-0.05, 0) is 90.0 Å². The third kappa shape index (κ3) is 4.62. The number of benzene rings is 5. The first-order valence-electron chi connectivity index (χ1n) is 14.3. The average molecular weight is 590 g/mol. The van der Waals surface area contributed by atoms with Crippen molar-refractivity contribution in [1.82, 2.24) is 9.97 Å². The van der Waals surface area contributed by atoms with Crippen LogP contribution >= 0.6 is 23.1 Å². The van der Waals surface area contributed by atoms with Gasteiger partial charge in [0.15, 0.2) is 0 Å². The number of hydrogen-bond donors (Lipinski definition) is 0. The van der Waals surface area contributed by atoms with E-state index < -0.39 is 0 Å². The standard InChI is InChI=1S/C38H27N3S2/c1-24-11-15-29(16-12-24)41-34-8-4-6-10-37(34)43-38-18-14-27(20-35(38)41)32-19-26(33-23-42-36-9-5-3-7-31(33)36)13-17-30(32)28-21-39-25(2)40-22-28/h3-23H,1-2H3. The number of nitrogens with zero attached hydrogens (tertiary/aromatic N) is 3. The summed E-state index contributed by atoms with van der Waals surface area (Å²) in [4.78, 5) is 14.0. The Morgan fingerprint density at radius 1 is 0.581 bits per heavy atom. The quantitative estimate of drug-likeness (QED) is 0.204. The van der Waals surface area contributed by atoms with Crippen LogP contribution in [0.2, 0.25) is 0 Å². The Morgan fingerprint density at radius 2 is 1.30 bits per heavy atom. The van der Waals surface area contributed by atoms with Crippen LogP contribution in [0.4, 0.5) is 17.1 Å². The molecule has 1 aliphatic rings. The van der Waals surface area contributed by atoms with Gasteiger partial charge in [-0.1, -0.05) is 78.0 Å². The molecule has 1 aliphatic heterocycles. The zero-order valence-electron chi connectivity index (χ0n) is 23.8. The maximum atomic E-state index is 4.54. The lowest BCUT2D eigenvalue weighted by molar-refractivity contribution is 1.06. The second-order valence-electron chi connectivity index (χ2n) is 10.8. The predicted molar refractivity (Wildman–Crippen MR) is 182 cm³/mol. The van der Waals surface area contributed by atoms with E-state index in [1.54, 1.807) is 11.3 Å². The largest absolute Gasteiger partial charge is 0.308 e. The lowest BCUT2D eigenvalue weighted by Gasteiger charge is -2.33. The van der Waals surface area contributed by atoms with Gasteiger partial charge in [-0.2, -0.15) is 0 Å². The van der Waals surface area contributed by atoms with E-state index in [0.717, 1.165) is 33.8 Å². The first-order valence-corrected chi connectivity index (χ1v) is 16.0. The normalized spacial score (nSPS) is 12.3. The number of fused-ring (bicyclic) bond motifs is 3. The van der Waals surface area contributed by atoms with Crippen LogP contribution in [0, 0.1) is 13.8 Å². The second-order valence-corrected chi connectivity index (χ2v) is 12.8. The van der Waals surface area contributed by atoms with Crippen LogP contribution in [-0.4, -0.2) is 9.97 Å². The molecule has 0 aliphatic carbocycles. The van der Waals surface area contributed by atoms with Crippen molar-refractivity contribution >= 4 is 50.2 Å². The van der Waals surface area contributed by atoms with Crippen LogP contribution in [-0.2, 0) is 0 Å². The summed E-state index contributed by atoms with van der Waals surface area (Å²) in [5.41, 5.74) is 11.7. The summed E-state index contributed by atoms with van der Waals surface area (Å²) in [7, 11) is 0. The van der Waals surface area contributed by atoms with Gasteiger partial charge in [-0.15, -0.1) is 11.3 Å². The van der Waals surface area contributed by atoms with Gasteiger partial charge in [0.25, 0.3) is 0 Å². The molecule has 0 spiro atoms. The Labute approximate surface area is 259 Å². The molecule has 0 bridgehead atoms. The highest BCUT2D eigenvalue weighted by Crippen LogP contribution is 2.52. The topological polar surface area (TPSA) is 29.0 Å². The fraction of sp³-hybridized carbons (Fsp3) is 0.0526. The molecule has 3 heterocycles. The van der Waals surface area contributed by atoms with Crippen LogP contribution in [0.5, 0.6) is 0 Å². The molecule has 5 heteroatoms. The summed E-state index contributed by atoms with van der Waals surface area (Å²) < 4.78 is 1.30. The smallest absolute Gasteiger partial charge is 0.125 e. The summed E-state index contributed by atoms with van der Waals surface area (Å²) >= 11 is 3.63. The molecule has 0 atom stereocenters. The molecular weight excluding hydrogens is 563 g/mol. The summed E-state index contributed by atoms with van der Waals surface area (Å²) in [5.74, 6) is 0.768. The van der Waals surface area contributed by atoms with Gasteiger partial charge < -0.3 is 4.90 Å². The lowest BCUT2D eigenvalue weighted by atomic mass is 9.91. The Morgan fingerprint density at radius 3 is 2.16 bits per heavy atom. The van der Waals surface area contributed by atoms with Crippen molar-refractivity contribution in [2.45, 2.75) is 23.6 Å². The Balaban J connectivity index is 1.34. The van der Waals surface area contributed by atoms with Crippen LogP contribution < -0.4 is 4.90 Å². The molecule has 0 saturated carbocycles. The van der Waals surface area contributed by atoms with E-state index in [9.17, 15) is 0 Å². The van der Waals surface area contributed by atoms with E-state index in [4.69, 9.17) is 0 Å². The van der Waals surface area contributed by atoms with Gasteiger partial charge in [0.2, 0.25) is 0 Å². The van der Waals surface area contributed by atoms with Gasteiger partial charge in [0.05, 0.1) is 11.4 Å². The van der Waals surface area contributed by atoms with Crippen LogP contribution in [0.15, 0.2) is 137 Å². The number of rotatable bonds is 4. The number of hydrogen-bond acceptors (Lipinski definition) is 5. The van der Waals surface area contributed by atoms with E-state index >= 15 is 0 Å². The second kappa shape index (κ2) is 10.5. The summed E-state index contributed by atoms with van der Waals surface area (Å²) in [6.07, 6.45) is 3.87. The van der Waals surface area contributed by atoms with Crippen LogP contribution in [0.25, 0.3) is 43.5 Å². The maximum absolute atomic E-state index is 4.54. The van der Waals surface area contributed by atoms with Gasteiger partial charge in [-0.25, -0.2) is 9.97 Å². The van der Waals surface area contributed by atoms with Crippen molar-refractivity contribution in [2.75, 3.05) is 4.90 Å².